The zero-order valence-electron chi connectivity index (χ0n) is 14.7. The topological polar surface area (TPSA) is 95.6 Å². The van der Waals surface area contributed by atoms with Crippen LogP contribution in [0.2, 0.25) is 0 Å². The summed E-state index contributed by atoms with van der Waals surface area (Å²) in [5.74, 6) is 0.571. The first-order valence-corrected chi connectivity index (χ1v) is 8.55. The Hall–Kier alpha value is -3.74. The van der Waals surface area contributed by atoms with Crippen molar-refractivity contribution in [1.29, 1.82) is 0 Å². The van der Waals surface area contributed by atoms with Gasteiger partial charge in [-0.15, -0.1) is 0 Å². The van der Waals surface area contributed by atoms with E-state index in [-0.39, 0.29) is 5.91 Å². The van der Waals surface area contributed by atoms with Crippen molar-refractivity contribution in [2.45, 2.75) is 13.5 Å². The van der Waals surface area contributed by atoms with Crippen LogP contribution in [0.3, 0.4) is 0 Å². The van der Waals surface area contributed by atoms with Gasteiger partial charge in [0, 0.05) is 30.2 Å². The van der Waals surface area contributed by atoms with E-state index in [1.807, 2.05) is 49.4 Å². The molecule has 1 aliphatic rings. The van der Waals surface area contributed by atoms with Gasteiger partial charge in [-0.3, -0.25) is 14.9 Å². The molecule has 134 valence electrons. The van der Waals surface area contributed by atoms with E-state index in [1.165, 1.54) is 0 Å². The van der Waals surface area contributed by atoms with Gasteiger partial charge < -0.3 is 10.6 Å². The molecule has 2 aromatic heterocycles. The van der Waals surface area contributed by atoms with E-state index in [0.717, 1.165) is 28.2 Å². The summed E-state index contributed by atoms with van der Waals surface area (Å²) in [5, 5.41) is 13.3. The van der Waals surface area contributed by atoms with E-state index in [9.17, 15) is 4.79 Å². The number of carbonyl (C=O) groups is 1. The summed E-state index contributed by atoms with van der Waals surface area (Å²) in [6.07, 6.45) is 5.10. The molecule has 0 atom stereocenters. The maximum absolute atomic E-state index is 12.5. The number of amides is 1. The molecule has 3 heterocycles. The molecule has 0 spiro atoms. The minimum Gasteiger partial charge on any atom is -0.348 e. The quantitative estimate of drug-likeness (QED) is 0.668. The first-order chi connectivity index (χ1) is 13.2. The van der Waals surface area contributed by atoms with Gasteiger partial charge in [-0.2, -0.15) is 5.10 Å². The molecule has 0 bridgehead atoms. The Morgan fingerprint density at radius 1 is 1.04 bits per heavy atom. The summed E-state index contributed by atoms with van der Waals surface area (Å²) in [4.78, 5) is 21.2. The second-order valence-corrected chi connectivity index (χ2v) is 6.10. The van der Waals surface area contributed by atoms with Gasteiger partial charge >= 0.3 is 0 Å². The van der Waals surface area contributed by atoms with Crippen molar-refractivity contribution in [2.24, 2.45) is 0 Å². The molecule has 3 N–H and O–H groups in total. The van der Waals surface area contributed by atoms with Gasteiger partial charge in [0.1, 0.15) is 5.82 Å². The number of rotatable bonds is 3. The first kappa shape index (κ1) is 16.7. The second kappa shape index (κ2) is 7.25. The molecule has 3 aromatic rings. The highest BCUT2D eigenvalue weighted by Crippen LogP contribution is 2.33. The summed E-state index contributed by atoms with van der Waals surface area (Å²) in [7, 11) is 0. The second-order valence-electron chi connectivity index (χ2n) is 6.10. The molecule has 0 unspecified atom stereocenters. The van der Waals surface area contributed by atoms with Gasteiger partial charge in [-0.05, 0) is 42.8 Å². The predicted molar refractivity (Wildman–Crippen MR) is 103 cm³/mol. The van der Waals surface area contributed by atoms with Gasteiger partial charge in [-0.1, -0.05) is 12.1 Å². The fourth-order valence-electron chi connectivity index (χ4n) is 2.98. The van der Waals surface area contributed by atoms with Crippen molar-refractivity contribution >= 4 is 17.4 Å². The average Bonchev–Trinajstić information content (AvgIpc) is 3.11. The van der Waals surface area contributed by atoms with Crippen molar-refractivity contribution in [3.05, 3.63) is 77.9 Å². The molecule has 1 aliphatic heterocycles. The van der Waals surface area contributed by atoms with Crippen LogP contribution in [0.1, 0.15) is 21.6 Å². The fourth-order valence-corrected chi connectivity index (χ4v) is 2.98. The van der Waals surface area contributed by atoms with Gasteiger partial charge in [0.25, 0.3) is 5.91 Å². The van der Waals surface area contributed by atoms with Gasteiger partial charge in [0.05, 0.1) is 23.1 Å². The Kier molecular flexibility index (Phi) is 4.49. The molecule has 0 saturated heterocycles. The van der Waals surface area contributed by atoms with Gasteiger partial charge in [0.2, 0.25) is 0 Å². The van der Waals surface area contributed by atoms with Crippen molar-refractivity contribution < 1.29 is 4.79 Å². The van der Waals surface area contributed by atoms with E-state index in [1.54, 1.807) is 18.6 Å². The highest BCUT2D eigenvalue weighted by molar-refractivity contribution is 6.05. The van der Waals surface area contributed by atoms with Crippen molar-refractivity contribution in [3.63, 3.8) is 0 Å². The van der Waals surface area contributed by atoms with Crippen LogP contribution in [0.4, 0.5) is 11.5 Å². The molecule has 7 nitrogen and oxygen atoms in total. The Morgan fingerprint density at radius 2 is 1.96 bits per heavy atom. The van der Waals surface area contributed by atoms with Crippen molar-refractivity contribution in [1.82, 2.24) is 25.5 Å². The first-order valence-electron chi connectivity index (χ1n) is 8.55. The number of anilines is 2. The third-order valence-electron chi connectivity index (χ3n) is 4.26. The summed E-state index contributed by atoms with van der Waals surface area (Å²) < 4.78 is 0. The highest BCUT2D eigenvalue weighted by atomic mass is 16.1. The van der Waals surface area contributed by atoms with Crippen LogP contribution in [-0.4, -0.2) is 26.1 Å². The zero-order valence-corrected chi connectivity index (χ0v) is 14.7. The third kappa shape index (κ3) is 3.48. The van der Waals surface area contributed by atoms with E-state index < -0.39 is 0 Å². The molecule has 4 rings (SSSR count). The summed E-state index contributed by atoms with van der Waals surface area (Å²) in [6, 6.07) is 13.1. The molecule has 7 heteroatoms. The lowest BCUT2D eigenvalue weighted by Gasteiger charge is -2.12. The number of carbonyl (C=O) groups excluding carboxylic acids is 1. The number of pyridine rings is 1. The predicted octanol–water partition coefficient (Wildman–Crippen LogP) is 3.29. The SMILES string of the molecule is Cc1cccn[nH]c(-c2ccc(Nc3ccccn3)c3c2CNC3=O)cn1. The van der Waals surface area contributed by atoms with Crippen molar-refractivity contribution in [2.75, 3.05) is 5.32 Å². The largest absolute Gasteiger partial charge is 0.348 e. The lowest BCUT2D eigenvalue weighted by molar-refractivity contribution is 0.0966. The zero-order chi connectivity index (χ0) is 18.6. The minimum absolute atomic E-state index is 0.112. The van der Waals surface area contributed by atoms with Crippen LogP contribution in [-0.2, 0) is 6.54 Å². The number of fused-ring (bicyclic) bond motifs is 1. The highest BCUT2D eigenvalue weighted by Gasteiger charge is 2.26. The number of nitrogens with zero attached hydrogens (tertiary/aromatic N) is 3. The molecular weight excluding hydrogens is 340 g/mol. The molecule has 0 aliphatic carbocycles. The minimum atomic E-state index is -0.112. The van der Waals surface area contributed by atoms with Crippen LogP contribution in [0.25, 0.3) is 11.3 Å². The van der Waals surface area contributed by atoms with Crippen LogP contribution in [0.5, 0.6) is 0 Å². The summed E-state index contributed by atoms with van der Waals surface area (Å²) >= 11 is 0. The number of hydrogen-bond donors (Lipinski definition) is 3. The van der Waals surface area contributed by atoms with Crippen molar-refractivity contribution in [3.8, 4) is 11.3 Å². The Bertz CT molecular complexity index is 1040. The lowest BCUT2D eigenvalue weighted by atomic mass is 9.99. The number of aromatic amines is 1. The third-order valence-corrected chi connectivity index (χ3v) is 4.26. The smallest absolute Gasteiger partial charge is 0.254 e. The lowest BCUT2D eigenvalue weighted by Crippen LogP contribution is -2.13. The van der Waals surface area contributed by atoms with E-state index in [4.69, 9.17) is 0 Å². The fraction of sp³-hybridized carbons (Fsp3) is 0.100. The monoisotopic (exact) mass is 358 g/mol. The van der Waals surface area contributed by atoms with Crippen LogP contribution < -0.4 is 10.6 Å². The summed E-state index contributed by atoms with van der Waals surface area (Å²) in [5.41, 5.74) is 4.70. The van der Waals surface area contributed by atoms with Gasteiger partial charge in [-0.25, -0.2) is 4.98 Å². The Labute approximate surface area is 156 Å². The van der Waals surface area contributed by atoms with E-state index in [2.05, 4.69) is 30.8 Å². The number of benzene rings is 1. The molecule has 1 aromatic carbocycles. The number of nitrogens with one attached hydrogen (secondary N) is 3. The Balaban J connectivity index is 1.83. The van der Waals surface area contributed by atoms with Crippen LogP contribution >= 0.6 is 0 Å². The van der Waals surface area contributed by atoms with Gasteiger partial charge in [0.15, 0.2) is 0 Å². The number of aromatic nitrogens is 4. The molecular formula is C20H18N6O. The van der Waals surface area contributed by atoms with Crippen LogP contribution in [0.15, 0.2) is 61.1 Å². The number of H-pyrrole nitrogens is 1. The number of aryl methyl sites for hydroxylation is 1. The average molecular weight is 358 g/mol. The maximum Gasteiger partial charge on any atom is 0.254 e. The maximum atomic E-state index is 12.5. The molecule has 27 heavy (non-hydrogen) atoms. The molecule has 0 fully saturated rings. The Morgan fingerprint density at radius 3 is 2.81 bits per heavy atom. The standard InChI is InChI=1S/C20H18N6O/c1-13-5-4-10-24-26-17(12-22-13)14-7-8-16(19-15(14)11-23-20(19)27)25-18-6-2-3-9-21-18/h2-10,12,26H,11H2,1H3,(H,21,25)(H,23,27). The number of hydrogen-bond acceptors (Lipinski definition) is 5. The van der Waals surface area contributed by atoms with E-state index >= 15 is 0 Å². The van der Waals surface area contributed by atoms with Crippen LogP contribution in [0, 0.1) is 6.92 Å². The molecule has 0 saturated carbocycles. The molecule has 1 amide bonds. The molecule has 0 radical (unpaired) electrons. The normalized spacial score (nSPS) is 12.1. The summed E-state index contributed by atoms with van der Waals surface area (Å²) in [6.45, 7) is 2.37. The van der Waals surface area contributed by atoms with E-state index in [0.29, 0.717) is 17.9 Å².